The smallest absolute Gasteiger partial charge is 0.307 e. The number of carboxylic acids is 1. The topological polar surface area (TPSA) is 46.5 Å². The maximum absolute atomic E-state index is 13.8. The molecule has 2 aliphatic carbocycles. The van der Waals surface area contributed by atoms with Gasteiger partial charge in [-0.2, -0.15) is 0 Å². The second kappa shape index (κ2) is 8.25. The zero-order valence-electron chi connectivity index (χ0n) is 17.1. The fraction of sp³-hybridized carbons (Fsp3) is 0.320. The van der Waals surface area contributed by atoms with Crippen LogP contribution in [0.2, 0.25) is 0 Å². The second-order valence-corrected chi connectivity index (χ2v) is 8.17. The quantitative estimate of drug-likeness (QED) is 0.585. The van der Waals surface area contributed by atoms with Gasteiger partial charge in [0, 0.05) is 12.8 Å². The number of hydrogen-bond donors (Lipinski definition) is 1. The van der Waals surface area contributed by atoms with Crippen LogP contribution in [0.4, 0.5) is 13.2 Å². The molecule has 0 aromatic heterocycles. The van der Waals surface area contributed by atoms with Crippen molar-refractivity contribution in [2.75, 3.05) is 0 Å². The standard InChI is InChI=1S/C25H23F3O3/c1-15-21(20-6-5-17(26)13-23(20)22(15)14-24(29)30)12-16-3-2-4-19(11-16)31-18-7-9-25(27,28)10-8-18/h2-6,11-13,18H,7-10,14H2,1H3,(H,29,30)/b21-12-. The minimum atomic E-state index is -2.60. The van der Waals surface area contributed by atoms with E-state index in [0.29, 0.717) is 29.7 Å². The van der Waals surface area contributed by atoms with Gasteiger partial charge in [0.2, 0.25) is 5.92 Å². The third-order valence-electron chi connectivity index (χ3n) is 5.92. The Labute approximate surface area is 178 Å². The molecule has 0 saturated heterocycles. The van der Waals surface area contributed by atoms with Crippen LogP contribution in [-0.2, 0) is 4.79 Å². The Morgan fingerprint density at radius 2 is 1.90 bits per heavy atom. The Balaban J connectivity index is 1.62. The lowest BCUT2D eigenvalue weighted by Gasteiger charge is -2.28. The van der Waals surface area contributed by atoms with E-state index in [1.165, 1.54) is 12.1 Å². The van der Waals surface area contributed by atoms with E-state index < -0.39 is 17.7 Å². The van der Waals surface area contributed by atoms with Crippen LogP contribution in [-0.4, -0.2) is 23.1 Å². The first kappa shape index (κ1) is 21.2. The molecular weight excluding hydrogens is 405 g/mol. The lowest BCUT2D eigenvalue weighted by atomic mass is 9.94. The zero-order valence-corrected chi connectivity index (χ0v) is 17.1. The number of benzene rings is 2. The van der Waals surface area contributed by atoms with Crippen molar-refractivity contribution in [2.24, 2.45) is 0 Å². The minimum absolute atomic E-state index is 0.162. The van der Waals surface area contributed by atoms with Crippen LogP contribution in [0.5, 0.6) is 5.75 Å². The average molecular weight is 428 g/mol. The summed E-state index contributed by atoms with van der Waals surface area (Å²) < 4.78 is 46.5. The predicted molar refractivity (Wildman–Crippen MR) is 113 cm³/mol. The molecule has 4 rings (SSSR count). The first-order chi connectivity index (χ1) is 14.7. The highest BCUT2D eigenvalue weighted by atomic mass is 19.3. The summed E-state index contributed by atoms with van der Waals surface area (Å²) in [6, 6.07) is 11.8. The summed E-state index contributed by atoms with van der Waals surface area (Å²) in [6.45, 7) is 1.84. The molecule has 1 saturated carbocycles. The fourth-order valence-corrected chi connectivity index (χ4v) is 4.30. The summed E-state index contributed by atoms with van der Waals surface area (Å²) in [6.07, 6.45) is 1.81. The van der Waals surface area contributed by atoms with Crippen LogP contribution in [0.15, 0.2) is 48.0 Å². The molecule has 2 aromatic rings. The zero-order chi connectivity index (χ0) is 22.2. The van der Waals surface area contributed by atoms with Crippen molar-refractivity contribution in [3.05, 3.63) is 70.5 Å². The van der Waals surface area contributed by atoms with Crippen LogP contribution < -0.4 is 4.74 Å². The lowest BCUT2D eigenvalue weighted by molar-refractivity contribution is -0.135. The molecule has 31 heavy (non-hydrogen) atoms. The van der Waals surface area contributed by atoms with Crippen LogP contribution in [0.1, 0.15) is 55.7 Å². The minimum Gasteiger partial charge on any atom is -0.490 e. The summed E-state index contributed by atoms with van der Waals surface area (Å²) in [5.74, 6) is -3.38. The molecule has 0 atom stereocenters. The molecule has 6 heteroatoms. The van der Waals surface area contributed by atoms with Gasteiger partial charge in [0.15, 0.2) is 0 Å². The van der Waals surface area contributed by atoms with Gasteiger partial charge in [0.25, 0.3) is 0 Å². The fourth-order valence-electron chi connectivity index (χ4n) is 4.30. The van der Waals surface area contributed by atoms with E-state index in [-0.39, 0.29) is 25.4 Å². The average Bonchev–Trinajstić information content (AvgIpc) is 2.95. The summed E-state index contributed by atoms with van der Waals surface area (Å²) >= 11 is 0. The van der Waals surface area contributed by atoms with E-state index in [0.717, 1.165) is 22.3 Å². The molecule has 0 bridgehead atoms. The van der Waals surface area contributed by atoms with E-state index in [2.05, 4.69) is 0 Å². The highest BCUT2D eigenvalue weighted by molar-refractivity contribution is 6.07. The van der Waals surface area contributed by atoms with Crippen LogP contribution in [0.3, 0.4) is 0 Å². The molecule has 1 fully saturated rings. The van der Waals surface area contributed by atoms with E-state index in [9.17, 15) is 23.1 Å². The number of allylic oxidation sites excluding steroid dienone is 2. The number of alkyl halides is 2. The molecule has 3 nitrogen and oxygen atoms in total. The normalized spacial score (nSPS) is 19.5. The van der Waals surface area contributed by atoms with E-state index >= 15 is 0 Å². The van der Waals surface area contributed by atoms with Crippen molar-refractivity contribution in [3.63, 3.8) is 0 Å². The van der Waals surface area contributed by atoms with Gasteiger partial charge < -0.3 is 9.84 Å². The molecule has 0 amide bonds. The largest absolute Gasteiger partial charge is 0.490 e. The third kappa shape index (κ3) is 4.68. The van der Waals surface area contributed by atoms with Gasteiger partial charge in [-0.15, -0.1) is 0 Å². The molecule has 1 N–H and O–H groups in total. The van der Waals surface area contributed by atoms with Gasteiger partial charge in [-0.05, 0) is 83.5 Å². The molecule has 0 spiro atoms. The number of ether oxygens (including phenoxy) is 1. The maximum Gasteiger partial charge on any atom is 0.307 e. The summed E-state index contributed by atoms with van der Waals surface area (Å²) in [7, 11) is 0. The number of carboxylic acid groups (broad SMARTS) is 1. The van der Waals surface area contributed by atoms with Gasteiger partial charge in [0.05, 0.1) is 12.5 Å². The lowest BCUT2D eigenvalue weighted by Crippen LogP contribution is -2.30. The van der Waals surface area contributed by atoms with Gasteiger partial charge >= 0.3 is 5.97 Å². The molecule has 2 aliphatic rings. The monoisotopic (exact) mass is 428 g/mol. The van der Waals surface area contributed by atoms with E-state index in [1.54, 1.807) is 12.1 Å². The molecule has 0 aliphatic heterocycles. The molecule has 0 unspecified atom stereocenters. The Morgan fingerprint density at radius 1 is 1.16 bits per heavy atom. The number of rotatable bonds is 5. The summed E-state index contributed by atoms with van der Waals surface area (Å²) in [5.41, 5.74) is 4.45. The SMILES string of the molecule is CC1=C(CC(=O)O)c2cc(F)ccc2/C1=C\c1cccc(OC2CCC(F)(F)CC2)c1. The molecular formula is C25H23F3O3. The summed E-state index contributed by atoms with van der Waals surface area (Å²) in [5, 5.41) is 9.28. The van der Waals surface area contributed by atoms with Crippen molar-refractivity contribution in [2.45, 2.75) is 51.1 Å². The van der Waals surface area contributed by atoms with Gasteiger partial charge in [-0.25, -0.2) is 13.2 Å². The van der Waals surface area contributed by atoms with E-state index in [1.807, 2.05) is 31.2 Å². The number of aliphatic carboxylic acids is 1. The number of hydrogen-bond acceptors (Lipinski definition) is 2. The van der Waals surface area contributed by atoms with Gasteiger partial charge in [0.1, 0.15) is 11.6 Å². The van der Waals surface area contributed by atoms with Crippen molar-refractivity contribution < 1.29 is 27.8 Å². The number of fused-ring (bicyclic) bond motifs is 1. The van der Waals surface area contributed by atoms with Crippen LogP contribution >= 0.6 is 0 Å². The van der Waals surface area contributed by atoms with E-state index in [4.69, 9.17) is 4.74 Å². The van der Waals surface area contributed by atoms with Gasteiger partial charge in [-0.1, -0.05) is 18.2 Å². The highest BCUT2D eigenvalue weighted by Crippen LogP contribution is 2.44. The van der Waals surface area contributed by atoms with Crippen molar-refractivity contribution in [1.82, 2.24) is 0 Å². The molecule has 0 heterocycles. The van der Waals surface area contributed by atoms with Gasteiger partial charge in [-0.3, -0.25) is 4.79 Å². The summed E-state index contributed by atoms with van der Waals surface area (Å²) in [4.78, 5) is 11.3. The Kier molecular flexibility index (Phi) is 5.65. The second-order valence-electron chi connectivity index (χ2n) is 8.17. The van der Waals surface area contributed by atoms with Crippen molar-refractivity contribution >= 4 is 23.2 Å². The highest BCUT2D eigenvalue weighted by Gasteiger charge is 2.35. The van der Waals surface area contributed by atoms with Crippen LogP contribution in [0, 0.1) is 5.82 Å². The third-order valence-corrected chi connectivity index (χ3v) is 5.92. The predicted octanol–water partition coefficient (Wildman–Crippen LogP) is 6.58. The number of halogens is 3. The Morgan fingerprint density at radius 3 is 2.61 bits per heavy atom. The molecule has 162 valence electrons. The van der Waals surface area contributed by atoms with Crippen molar-refractivity contribution in [1.29, 1.82) is 0 Å². The Bertz CT molecular complexity index is 1080. The van der Waals surface area contributed by atoms with Crippen molar-refractivity contribution in [3.8, 4) is 5.75 Å². The maximum atomic E-state index is 13.8. The first-order valence-corrected chi connectivity index (χ1v) is 10.3. The number of carbonyl (C=O) groups is 1. The molecule has 0 radical (unpaired) electrons. The Hall–Kier alpha value is -3.02. The van der Waals surface area contributed by atoms with Crippen LogP contribution in [0.25, 0.3) is 17.2 Å². The molecule has 2 aromatic carbocycles. The first-order valence-electron chi connectivity index (χ1n) is 10.3.